The molecule has 0 aliphatic carbocycles. The van der Waals surface area contributed by atoms with E-state index in [9.17, 15) is 24.6 Å². The van der Waals surface area contributed by atoms with E-state index in [1.165, 1.54) is 18.3 Å². The van der Waals surface area contributed by atoms with Gasteiger partial charge in [-0.05, 0) is 82.4 Å². The number of aromatic hydroxyl groups is 1. The Balaban J connectivity index is 1.97. The number of amides is 2. The number of thiazole rings is 1. The Morgan fingerprint density at radius 3 is 2.33 bits per heavy atom. The first-order chi connectivity index (χ1) is 28.7. The number of rotatable bonds is 26. The van der Waals surface area contributed by atoms with E-state index in [1.807, 2.05) is 4.90 Å². The second-order valence-electron chi connectivity index (χ2n) is 18.0. The predicted octanol–water partition coefficient (Wildman–Crippen LogP) is 7.96. The smallest absolute Gasteiger partial charge is 0.309 e. The van der Waals surface area contributed by atoms with Crippen LogP contribution in [-0.2, 0) is 25.5 Å². The Kier molecular flexibility index (Phi) is 19.3. The highest BCUT2D eigenvalue weighted by Gasteiger charge is 2.43. The predicted molar refractivity (Wildman–Crippen MR) is 243 cm³/mol. The third-order valence-electron chi connectivity index (χ3n) is 12.3. The second-order valence-corrected chi connectivity index (χ2v) is 18.9. The van der Waals surface area contributed by atoms with E-state index < -0.39 is 47.0 Å². The summed E-state index contributed by atoms with van der Waals surface area (Å²) < 4.78 is 5.96. The molecule has 1 fully saturated rings. The number of hydrogen-bond donors (Lipinski definition) is 5. The molecule has 1 aromatic carbocycles. The lowest BCUT2D eigenvalue weighted by molar-refractivity contribution is -0.149. The number of likely N-dealkylation sites (tertiary alicyclic amines) is 1. The van der Waals surface area contributed by atoms with Gasteiger partial charge >= 0.3 is 11.9 Å². The molecule has 0 spiro atoms. The molecular formula is C47H74N6O7S. The number of ether oxygens (including phenoxy) is 1. The summed E-state index contributed by atoms with van der Waals surface area (Å²) in [6.45, 7) is 27.5. The number of nitrogens with one attached hydrogen (secondary N) is 2. The molecule has 2 amide bonds. The average Bonchev–Trinajstić information content (AvgIpc) is 3.86. The molecule has 14 heteroatoms. The van der Waals surface area contributed by atoms with Crippen LogP contribution in [0.3, 0.4) is 0 Å². The van der Waals surface area contributed by atoms with Gasteiger partial charge in [0.15, 0.2) is 6.10 Å². The van der Waals surface area contributed by atoms with E-state index in [2.05, 4.69) is 70.2 Å². The zero-order valence-corrected chi connectivity index (χ0v) is 39.0. The maximum absolute atomic E-state index is 15.2. The molecule has 1 aliphatic rings. The maximum Gasteiger partial charge on any atom is 0.309 e. The summed E-state index contributed by atoms with van der Waals surface area (Å²) in [7, 11) is 0. The molecule has 0 saturated carbocycles. The number of carboxylic acid groups (broad SMARTS) is 1. The number of hydrogen-bond acceptors (Lipinski definition) is 11. The number of benzene rings is 1. The topological polar surface area (TPSA) is 187 Å². The van der Waals surface area contributed by atoms with Crippen molar-refractivity contribution < 1.29 is 34.1 Å². The third-order valence-corrected chi connectivity index (χ3v) is 13.2. The highest BCUT2D eigenvalue weighted by Crippen LogP contribution is 2.37. The van der Waals surface area contributed by atoms with Gasteiger partial charge in [0.2, 0.25) is 5.91 Å². The van der Waals surface area contributed by atoms with Crippen LogP contribution in [-0.4, -0.2) is 92.0 Å². The zero-order chi connectivity index (χ0) is 45.7. The summed E-state index contributed by atoms with van der Waals surface area (Å²) in [5.74, 6) is -2.00. The van der Waals surface area contributed by atoms with Gasteiger partial charge in [-0.2, -0.15) is 0 Å². The van der Waals surface area contributed by atoms with Gasteiger partial charge in [-0.25, -0.2) is 4.98 Å². The molecular weight excluding hydrogens is 793 g/mol. The van der Waals surface area contributed by atoms with Crippen LogP contribution in [0.25, 0.3) is 0 Å². The number of unbranched alkanes of at least 4 members (excludes halogenated alkanes) is 3. The fraction of sp³-hybridized carbons (Fsp3) is 0.638. The Hall–Kier alpha value is -4.43. The van der Waals surface area contributed by atoms with Crippen molar-refractivity contribution in [3.8, 4) is 5.75 Å². The minimum atomic E-state index is -1.14. The lowest BCUT2D eigenvalue weighted by Gasteiger charge is -2.43. The van der Waals surface area contributed by atoms with Gasteiger partial charge in [0.1, 0.15) is 22.5 Å². The number of aromatic nitrogens is 1. The Morgan fingerprint density at radius 2 is 1.75 bits per heavy atom. The average molecular weight is 867 g/mol. The number of carbonyl (C=O) groups is 4. The van der Waals surface area contributed by atoms with Crippen molar-refractivity contribution in [2.24, 2.45) is 23.0 Å². The Labute approximate surface area is 368 Å². The molecule has 0 unspecified atom stereocenters. The van der Waals surface area contributed by atoms with E-state index >= 15 is 4.79 Å². The van der Waals surface area contributed by atoms with Gasteiger partial charge in [0.05, 0.1) is 11.0 Å². The first kappa shape index (κ1) is 50.9. The second kappa shape index (κ2) is 23.1. The zero-order valence-electron chi connectivity index (χ0n) is 38.2. The van der Waals surface area contributed by atoms with E-state index in [0.717, 1.165) is 68.4 Å². The number of nitrogens with zero attached hydrogens (tertiary/aromatic N) is 3. The van der Waals surface area contributed by atoms with Gasteiger partial charge in [-0.1, -0.05) is 85.6 Å². The van der Waals surface area contributed by atoms with Crippen molar-refractivity contribution in [3.63, 3.8) is 0 Å². The molecule has 0 bridgehead atoms. The minimum absolute atomic E-state index is 0.0328. The molecule has 0 radical (unpaired) electrons. The van der Waals surface area contributed by atoms with Gasteiger partial charge in [0, 0.05) is 61.8 Å². The summed E-state index contributed by atoms with van der Waals surface area (Å²) in [6.07, 6.45) is 6.31. The lowest BCUT2D eigenvalue weighted by atomic mass is 9.84. The number of carboxylic acids is 1. The van der Waals surface area contributed by atoms with Crippen LogP contribution in [0.15, 0.2) is 54.2 Å². The number of phenols is 1. The van der Waals surface area contributed by atoms with Crippen LogP contribution in [0.4, 0.5) is 0 Å². The van der Waals surface area contributed by atoms with E-state index in [-0.39, 0.29) is 48.1 Å². The van der Waals surface area contributed by atoms with Gasteiger partial charge in [0.25, 0.3) is 5.91 Å². The van der Waals surface area contributed by atoms with Gasteiger partial charge in [-0.3, -0.25) is 19.2 Å². The van der Waals surface area contributed by atoms with Crippen LogP contribution >= 0.6 is 11.3 Å². The third kappa shape index (κ3) is 14.0. The summed E-state index contributed by atoms with van der Waals surface area (Å²) in [4.78, 5) is 62.6. The highest BCUT2D eigenvalue weighted by atomic mass is 32.1. The van der Waals surface area contributed by atoms with Crippen LogP contribution in [0.2, 0.25) is 0 Å². The first-order valence-corrected chi connectivity index (χ1v) is 22.9. The van der Waals surface area contributed by atoms with Crippen LogP contribution in [0.1, 0.15) is 147 Å². The van der Waals surface area contributed by atoms with Gasteiger partial charge in [-0.15, -0.1) is 11.3 Å². The Bertz CT molecular complexity index is 1790. The molecule has 3 rings (SSSR count). The van der Waals surface area contributed by atoms with Gasteiger partial charge < -0.3 is 41.1 Å². The molecule has 6 atom stereocenters. The highest BCUT2D eigenvalue weighted by molar-refractivity contribution is 7.09. The molecule has 340 valence electrons. The Morgan fingerprint density at radius 1 is 1.08 bits per heavy atom. The molecule has 2 heterocycles. The van der Waals surface area contributed by atoms with Crippen molar-refractivity contribution in [1.82, 2.24) is 25.4 Å². The minimum Gasteiger partial charge on any atom is -0.508 e. The van der Waals surface area contributed by atoms with Crippen molar-refractivity contribution in [2.45, 2.75) is 156 Å². The van der Waals surface area contributed by atoms with Crippen molar-refractivity contribution >= 4 is 35.1 Å². The summed E-state index contributed by atoms with van der Waals surface area (Å²) in [5.41, 5.74) is 6.96. The quantitative estimate of drug-likeness (QED) is 0.0456. The van der Waals surface area contributed by atoms with E-state index in [0.29, 0.717) is 24.5 Å². The molecule has 61 heavy (non-hydrogen) atoms. The number of nitrogens with two attached hydrogens (primary N) is 1. The lowest BCUT2D eigenvalue weighted by Crippen LogP contribution is -2.57. The number of esters is 1. The normalized spacial score (nSPS) is 17.9. The number of carbonyl (C=O) groups excluding carboxylic acids is 3. The molecule has 2 aromatic rings. The maximum atomic E-state index is 15.2. The van der Waals surface area contributed by atoms with Crippen LogP contribution in [0, 0.1) is 17.3 Å². The summed E-state index contributed by atoms with van der Waals surface area (Å²) >= 11 is 1.20. The largest absolute Gasteiger partial charge is 0.508 e. The monoisotopic (exact) mass is 867 g/mol. The van der Waals surface area contributed by atoms with Crippen LogP contribution < -0.4 is 16.4 Å². The van der Waals surface area contributed by atoms with E-state index in [1.54, 1.807) is 43.5 Å². The van der Waals surface area contributed by atoms with E-state index in [4.69, 9.17) is 15.5 Å². The molecule has 13 nitrogen and oxygen atoms in total. The fourth-order valence-corrected chi connectivity index (χ4v) is 9.06. The SMILES string of the molecule is C=C(CN)N1CCC[C@]1(C)C(=C)N[C@H](C(=O)N(CCCCCC)[C@H](C[C@@H](OC(C)=O)c1nc(C(=O)N[C@@H](Cc2ccc(O)cc2)CC(C)(C)C(=O)O)cs1)C(C)C)[C@@H](C)CC. The number of aliphatic carboxylic acids is 1. The van der Waals surface area contributed by atoms with Crippen molar-refractivity contribution in [2.75, 3.05) is 19.6 Å². The number of phenolic OH excluding ortho intramolecular Hbond substituents is 1. The summed E-state index contributed by atoms with van der Waals surface area (Å²) in [5, 5.41) is 28.3. The fourth-order valence-electron chi connectivity index (χ4n) is 8.22. The summed E-state index contributed by atoms with van der Waals surface area (Å²) in [6, 6.07) is 5.06. The molecule has 6 N–H and O–H groups in total. The molecule has 1 aliphatic heterocycles. The van der Waals surface area contributed by atoms with Crippen LogP contribution in [0.5, 0.6) is 5.75 Å². The van der Waals surface area contributed by atoms with Crippen molar-refractivity contribution in [3.05, 3.63) is 70.5 Å². The standard InChI is InChI=1S/C47H74N6O7S/c1-12-14-15-16-23-52(44(57)41(31(5)13-2)49-33(7)47(11)22-17-24-53(47)32(6)28-48)39(30(3)4)26-40(60-34(8)54)43-51-38(29-61-43)42(56)50-36(27-46(9,10)45(58)59)25-35-18-20-37(55)21-19-35/h18-21,29-31,36,39-41,49,55H,6-7,12-17,22-28,48H2,1-5,8-11H3,(H,50,56)(H,58,59)/t31-,36-,39+,40+,41-,47+/m0/s1. The molecule has 1 aromatic heterocycles. The van der Waals surface area contributed by atoms with Crippen molar-refractivity contribution in [1.29, 1.82) is 0 Å². The first-order valence-electron chi connectivity index (χ1n) is 22.1. The molecule has 1 saturated heterocycles.